The van der Waals surface area contributed by atoms with Crippen LogP contribution in [-0.2, 0) is 11.2 Å². The van der Waals surface area contributed by atoms with Crippen LogP contribution in [0.15, 0.2) is 24.8 Å². The second-order valence-corrected chi connectivity index (χ2v) is 7.29. The lowest BCUT2D eigenvalue weighted by Gasteiger charge is -2.37. The lowest BCUT2D eigenvalue weighted by Crippen LogP contribution is -2.30. The van der Waals surface area contributed by atoms with Gasteiger partial charge in [0.15, 0.2) is 0 Å². The topological polar surface area (TPSA) is 9.23 Å². The molecule has 0 aromatic heterocycles. The van der Waals surface area contributed by atoms with E-state index in [1.807, 2.05) is 7.11 Å². The highest BCUT2D eigenvalue weighted by atomic mass is 16.5. The molecular weight excluding hydrogens is 268 g/mol. The molecule has 0 unspecified atom stereocenters. The second-order valence-electron chi connectivity index (χ2n) is 7.29. The molecule has 2 fully saturated rings. The highest BCUT2D eigenvalue weighted by molar-refractivity contribution is 5.77. The van der Waals surface area contributed by atoms with Crippen molar-refractivity contribution in [3.05, 3.63) is 41.5 Å². The highest BCUT2D eigenvalue weighted by Gasteiger charge is 2.43. The monoisotopic (exact) mass is 292 g/mol. The van der Waals surface area contributed by atoms with Crippen LogP contribution >= 0.6 is 0 Å². The summed E-state index contributed by atoms with van der Waals surface area (Å²) in [5.74, 6) is 7.38. The van der Waals surface area contributed by atoms with Gasteiger partial charge in [0.2, 0.25) is 0 Å². The van der Waals surface area contributed by atoms with Gasteiger partial charge in [-0.05, 0) is 79.2 Å². The van der Waals surface area contributed by atoms with Gasteiger partial charge in [0, 0.05) is 18.6 Å². The third-order valence-corrected chi connectivity index (χ3v) is 5.83. The van der Waals surface area contributed by atoms with Gasteiger partial charge in [-0.3, -0.25) is 0 Å². The van der Waals surface area contributed by atoms with Crippen LogP contribution in [0.25, 0.3) is 5.57 Å². The Kier molecular flexibility index (Phi) is 3.39. The quantitative estimate of drug-likeness (QED) is 0.688. The van der Waals surface area contributed by atoms with E-state index in [-0.39, 0.29) is 0 Å². The van der Waals surface area contributed by atoms with Crippen LogP contribution in [-0.4, -0.2) is 13.2 Å². The Morgan fingerprint density at radius 2 is 1.95 bits per heavy atom. The highest BCUT2D eigenvalue weighted by Crippen LogP contribution is 2.54. The first kappa shape index (κ1) is 14.1. The number of allylic oxidation sites excluding steroid dienone is 1. The zero-order valence-electron chi connectivity index (χ0n) is 13.5. The number of fused-ring (bicyclic) bond motifs is 1. The van der Waals surface area contributed by atoms with E-state index in [0.717, 1.165) is 24.8 Å². The van der Waals surface area contributed by atoms with E-state index in [1.165, 1.54) is 42.4 Å². The average molecular weight is 292 g/mol. The lowest BCUT2D eigenvalue weighted by molar-refractivity contribution is 0.0448. The van der Waals surface area contributed by atoms with Crippen molar-refractivity contribution < 1.29 is 4.74 Å². The first-order valence-electron chi connectivity index (χ1n) is 8.57. The molecule has 0 aliphatic heterocycles. The fourth-order valence-electron chi connectivity index (χ4n) is 4.12. The molecule has 0 heterocycles. The molecule has 3 aliphatic rings. The molecule has 4 rings (SSSR count). The van der Waals surface area contributed by atoms with Crippen LogP contribution in [0, 0.1) is 23.2 Å². The minimum absolute atomic E-state index is 0.292. The summed E-state index contributed by atoms with van der Waals surface area (Å²) in [4.78, 5) is 0. The van der Waals surface area contributed by atoms with E-state index in [0.29, 0.717) is 17.4 Å². The van der Waals surface area contributed by atoms with Crippen molar-refractivity contribution in [2.45, 2.75) is 51.0 Å². The summed E-state index contributed by atoms with van der Waals surface area (Å²) in [6.45, 7) is 4.48. The Labute approximate surface area is 133 Å². The maximum atomic E-state index is 5.54. The van der Waals surface area contributed by atoms with E-state index < -0.39 is 0 Å². The standard InChI is InChI=1S/C21H24O/c1-15-20-13-17(6-5-16-3-4-16)7-8-18(20)14-21(15)11-9-19(22-2)10-12-21/h7-8,13,16,19H,1,3-4,9-12,14H2,2H3. The molecule has 1 heteroatoms. The van der Waals surface area contributed by atoms with Gasteiger partial charge in [0.05, 0.1) is 6.10 Å². The van der Waals surface area contributed by atoms with Crippen molar-refractivity contribution in [1.29, 1.82) is 0 Å². The zero-order chi connectivity index (χ0) is 15.2. The molecule has 0 bridgehead atoms. The molecule has 1 spiro atoms. The van der Waals surface area contributed by atoms with E-state index in [4.69, 9.17) is 4.74 Å². The molecular formula is C21H24O. The minimum Gasteiger partial charge on any atom is -0.381 e. The predicted molar refractivity (Wildman–Crippen MR) is 90.5 cm³/mol. The molecule has 3 aliphatic carbocycles. The third kappa shape index (κ3) is 2.40. The summed E-state index contributed by atoms with van der Waals surface area (Å²) in [6, 6.07) is 6.76. The second kappa shape index (κ2) is 5.28. The normalized spacial score (nSPS) is 30.0. The smallest absolute Gasteiger partial charge is 0.0572 e. The van der Waals surface area contributed by atoms with Gasteiger partial charge in [-0.25, -0.2) is 0 Å². The van der Waals surface area contributed by atoms with Crippen molar-refractivity contribution >= 4 is 5.57 Å². The third-order valence-electron chi connectivity index (χ3n) is 5.83. The Morgan fingerprint density at radius 1 is 1.18 bits per heavy atom. The van der Waals surface area contributed by atoms with Crippen LogP contribution in [0.2, 0.25) is 0 Å². The predicted octanol–water partition coefficient (Wildman–Crippen LogP) is 4.59. The van der Waals surface area contributed by atoms with Crippen LogP contribution in [0.4, 0.5) is 0 Å². The van der Waals surface area contributed by atoms with Gasteiger partial charge in [-0.2, -0.15) is 0 Å². The maximum Gasteiger partial charge on any atom is 0.0572 e. The minimum atomic E-state index is 0.292. The fraction of sp³-hybridized carbons (Fsp3) is 0.524. The van der Waals surface area contributed by atoms with Gasteiger partial charge in [0.25, 0.3) is 0 Å². The SMILES string of the molecule is C=C1c2cc(C#CC3CC3)ccc2CC12CCC(OC)CC2. The van der Waals surface area contributed by atoms with E-state index >= 15 is 0 Å². The molecule has 114 valence electrons. The number of hydrogen-bond donors (Lipinski definition) is 0. The van der Waals surface area contributed by atoms with Crippen molar-refractivity contribution in [3.63, 3.8) is 0 Å². The lowest BCUT2D eigenvalue weighted by atomic mass is 9.69. The fourth-order valence-corrected chi connectivity index (χ4v) is 4.12. The molecule has 1 aromatic carbocycles. The molecule has 22 heavy (non-hydrogen) atoms. The first-order valence-corrected chi connectivity index (χ1v) is 8.57. The Balaban J connectivity index is 1.58. The average Bonchev–Trinajstić information content (AvgIpc) is 3.34. The largest absolute Gasteiger partial charge is 0.381 e. The molecule has 2 saturated carbocycles. The van der Waals surface area contributed by atoms with Gasteiger partial charge in [-0.15, -0.1) is 0 Å². The summed E-state index contributed by atoms with van der Waals surface area (Å²) in [7, 11) is 1.84. The molecule has 0 atom stereocenters. The molecule has 0 N–H and O–H groups in total. The summed E-state index contributed by atoms with van der Waals surface area (Å²) in [6.07, 6.45) is 8.93. The van der Waals surface area contributed by atoms with Gasteiger partial charge >= 0.3 is 0 Å². The van der Waals surface area contributed by atoms with Gasteiger partial charge in [0.1, 0.15) is 0 Å². The van der Waals surface area contributed by atoms with Gasteiger partial charge in [-0.1, -0.05) is 24.5 Å². The molecule has 0 saturated heterocycles. The van der Waals surface area contributed by atoms with Crippen molar-refractivity contribution in [2.24, 2.45) is 11.3 Å². The Hall–Kier alpha value is -1.52. The summed E-state index contributed by atoms with van der Waals surface area (Å²) in [5, 5.41) is 0. The van der Waals surface area contributed by atoms with E-state index in [2.05, 4.69) is 36.6 Å². The zero-order valence-corrected chi connectivity index (χ0v) is 13.5. The van der Waals surface area contributed by atoms with Crippen LogP contribution in [0.5, 0.6) is 0 Å². The first-order chi connectivity index (χ1) is 10.7. The molecule has 0 amide bonds. The number of benzene rings is 1. The summed E-state index contributed by atoms with van der Waals surface area (Å²) < 4.78 is 5.54. The van der Waals surface area contributed by atoms with Crippen LogP contribution in [0.1, 0.15) is 55.2 Å². The van der Waals surface area contributed by atoms with E-state index in [9.17, 15) is 0 Å². The molecule has 1 nitrogen and oxygen atoms in total. The van der Waals surface area contributed by atoms with Crippen LogP contribution < -0.4 is 0 Å². The van der Waals surface area contributed by atoms with Crippen molar-refractivity contribution in [3.8, 4) is 11.8 Å². The maximum absolute atomic E-state index is 5.54. The van der Waals surface area contributed by atoms with Crippen molar-refractivity contribution in [2.75, 3.05) is 7.11 Å². The van der Waals surface area contributed by atoms with E-state index in [1.54, 1.807) is 0 Å². The summed E-state index contributed by atoms with van der Waals surface area (Å²) >= 11 is 0. The van der Waals surface area contributed by atoms with Crippen LogP contribution in [0.3, 0.4) is 0 Å². The molecule has 1 aromatic rings. The molecule has 0 radical (unpaired) electrons. The summed E-state index contributed by atoms with van der Waals surface area (Å²) in [5.41, 5.74) is 5.65. The van der Waals surface area contributed by atoms with Gasteiger partial charge < -0.3 is 4.74 Å². The number of rotatable bonds is 1. The Morgan fingerprint density at radius 3 is 2.64 bits per heavy atom. The number of methoxy groups -OCH3 is 1. The van der Waals surface area contributed by atoms with Crippen molar-refractivity contribution in [1.82, 2.24) is 0 Å². The Bertz CT molecular complexity index is 661. The number of ether oxygens (including phenoxy) is 1. The number of hydrogen-bond acceptors (Lipinski definition) is 1.